The molecule has 1 fully saturated rings. The van der Waals surface area contributed by atoms with Crippen LogP contribution in [-0.4, -0.2) is 20.1 Å². The summed E-state index contributed by atoms with van der Waals surface area (Å²) in [5.41, 5.74) is 2.50. The van der Waals surface area contributed by atoms with E-state index < -0.39 is 0 Å². The van der Waals surface area contributed by atoms with Crippen molar-refractivity contribution in [2.24, 2.45) is 5.92 Å². The van der Waals surface area contributed by atoms with E-state index in [9.17, 15) is 0 Å². The van der Waals surface area contributed by atoms with Crippen LogP contribution >= 0.6 is 0 Å². The molecule has 15 heavy (non-hydrogen) atoms. The average Bonchev–Trinajstić information content (AvgIpc) is 2.16. The monoisotopic (exact) mass is 204 g/mol. The minimum absolute atomic E-state index is 0.699. The summed E-state index contributed by atoms with van der Waals surface area (Å²) in [5.74, 6) is 0.906. The van der Waals surface area contributed by atoms with Gasteiger partial charge < -0.3 is 10.2 Å². The lowest BCUT2D eigenvalue weighted by Gasteiger charge is -2.34. The lowest BCUT2D eigenvalue weighted by Crippen LogP contribution is -2.33. The van der Waals surface area contributed by atoms with E-state index in [0.717, 1.165) is 5.92 Å². The maximum absolute atomic E-state index is 3.56. The molecule has 0 saturated heterocycles. The van der Waals surface area contributed by atoms with Crippen LogP contribution in [0.1, 0.15) is 19.8 Å². The second-order valence-electron chi connectivity index (χ2n) is 4.86. The number of nitrogens with zero attached hydrogens (tertiary/aromatic N) is 1. The van der Waals surface area contributed by atoms with E-state index in [-0.39, 0.29) is 0 Å². The van der Waals surface area contributed by atoms with Crippen molar-refractivity contribution in [1.29, 1.82) is 0 Å². The summed E-state index contributed by atoms with van der Waals surface area (Å²) in [4.78, 5) is 2.12. The molecule has 1 N–H and O–H groups in total. The van der Waals surface area contributed by atoms with Gasteiger partial charge in [0.05, 0.1) is 0 Å². The zero-order valence-electron chi connectivity index (χ0n) is 9.83. The highest BCUT2D eigenvalue weighted by atomic mass is 15.1. The highest BCUT2D eigenvalue weighted by Crippen LogP contribution is 2.29. The maximum Gasteiger partial charge on any atom is 0.0362 e. The summed E-state index contributed by atoms with van der Waals surface area (Å²) >= 11 is 0. The summed E-state index contributed by atoms with van der Waals surface area (Å²) in [6, 6.07) is 9.34. The van der Waals surface area contributed by atoms with Gasteiger partial charge in [0.15, 0.2) is 0 Å². The Hall–Kier alpha value is -1.18. The van der Waals surface area contributed by atoms with Crippen molar-refractivity contribution in [2.45, 2.75) is 25.8 Å². The molecule has 2 heteroatoms. The van der Waals surface area contributed by atoms with Gasteiger partial charge >= 0.3 is 0 Å². The van der Waals surface area contributed by atoms with Crippen LogP contribution in [0.25, 0.3) is 0 Å². The topological polar surface area (TPSA) is 15.3 Å². The minimum Gasteiger partial charge on any atom is -0.382 e. The number of hydrogen-bond donors (Lipinski definition) is 1. The molecule has 1 aromatic rings. The molecule has 1 aliphatic rings. The highest BCUT2D eigenvalue weighted by molar-refractivity contribution is 5.54. The molecule has 2 rings (SSSR count). The van der Waals surface area contributed by atoms with Crippen LogP contribution in [0, 0.1) is 5.92 Å². The minimum atomic E-state index is 0.699. The summed E-state index contributed by atoms with van der Waals surface area (Å²) < 4.78 is 0. The van der Waals surface area contributed by atoms with Crippen LogP contribution < -0.4 is 10.2 Å². The standard InChI is InChI=1S/C13H20N2/c1-10-8-12(9-10)14-11-4-6-13(7-5-11)15(2)3/h4-7,10,12,14H,8-9H2,1-3H3. The van der Waals surface area contributed by atoms with Gasteiger partial charge in [0.2, 0.25) is 0 Å². The first kappa shape index (κ1) is 10.3. The quantitative estimate of drug-likeness (QED) is 0.814. The third-order valence-electron chi connectivity index (χ3n) is 3.13. The molecule has 0 amide bonds. The molecule has 0 unspecified atom stereocenters. The summed E-state index contributed by atoms with van der Waals surface area (Å²) in [7, 11) is 4.13. The van der Waals surface area contributed by atoms with Crippen LogP contribution in [-0.2, 0) is 0 Å². The number of benzene rings is 1. The molecule has 0 heterocycles. The molecule has 1 aromatic carbocycles. The van der Waals surface area contributed by atoms with Crippen LogP contribution in [0.5, 0.6) is 0 Å². The van der Waals surface area contributed by atoms with Crippen LogP contribution in [0.15, 0.2) is 24.3 Å². The largest absolute Gasteiger partial charge is 0.382 e. The molecule has 0 radical (unpaired) electrons. The number of hydrogen-bond acceptors (Lipinski definition) is 2. The predicted molar refractivity (Wildman–Crippen MR) is 66.6 cm³/mol. The predicted octanol–water partition coefficient (Wildman–Crippen LogP) is 2.96. The average molecular weight is 204 g/mol. The molecule has 82 valence electrons. The smallest absolute Gasteiger partial charge is 0.0362 e. The molecule has 0 bridgehead atoms. The fourth-order valence-corrected chi connectivity index (χ4v) is 2.11. The Morgan fingerprint density at radius 2 is 1.73 bits per heavy atom. The Morgan fingerprint density at radius 1 is 1.13 bits per heavy atom. The van der Waals surface area contributed by atoms with Gasteiger partial charge in [0.25, 0.3) is 0 Å². The molecular formula is C13H20N2. The molecule has 1 saturated carbocycles. The summed E-state index contributed by atoms with van der Waals surface area (Å²) in [5, 5.41) is 3.56. The number of rotatable bonds is 3. The SMILES string of the molecule is CC1CC(Nc2ccc(N(C)C)cc2)C1. The van der Waals surface area contributed by atoms with Crippen molar-refractivity contribution in [1.82, 2.24) is 0 Å². The molecule has 0 spiro atoms. The van der Waals surface area contributed by atoms with E-state index in [0.29, 0.717) is 6.04 Å². The van der Waals surface area contributed by atoms with Crippen LogP contribution in [0.4, 0.5) is 11.4 Å². The van der Waals surface area contributed by atoms with Gasteiger partial charge in [-0.15, -0.1) is 0 Å². The first-order chi connectivity index (χ1) is 7.15. The lowest BCUT2D eigenvalue weighted by atomic mass is 9.82. The molecule has 1 aliphatic carbocycles. The Kier molecular flexibility index (Phi) is 2.85. The number of anilines is 2. The van der Waals surface area contributed by atoms with E-state index in [1.807, 2.05) is 0 Å². The van der Waals surface area contributed by atoms with Crippen molar-refractivity contribution in [3.05, 3.63) is 24.3 Å². The van der Waals surface area contributed by atoms with E-state index in [1.165, 1.54) is 24.2 Å². The van der Waals surface area contributed by atoms with E-state index in [1.54, 1.807) is 0 Å². The third-order valence-corrected chi connectivity index (χ3v) is 3.13. The van der Waals surface area contributed by atoms with Crippen molar-refractivity contribution >= 4 is 11.4 Å². The fraction of sp³-hybridized carbons (Fsp3) is 0.538. The Bertz CT molecular complexity index is 310. The summed E-state index contributed by atoms with van der Waals surface area (Å²) in [6.45, 7) is 2.31. The first-order valence-corrected chi connectivity index (χ1v) is 5.69. The number of nitrogens with one attached hydrogen (secondary N) is 1. The van der Waals surface area contributed by atoms with Crippen LogP contribution in [0.2, 0.25) is 0 Å². The summed E-state index contributed by atoms with van der Waals surface area (Å²) in [6.07, 6.45) is 2.63. The maximum atomic E-state index is 3.56. The van der Waals surface area contributed by atoms with E-state index in [4.69, 9.17) is 0 Å². The Balaban J connectivity index is 1.92. The lowest BCUT2D eigenvalue weighted by molar-refractivity contribution is 0.309. The van der Waals surface area contributed by atoms with Crippen LogP contribution in [0.3, 0.4) is 0 Å². The van der Waals surface area contributed by atoms with Gasteiger partial charge in [-0.2, -0.15) is 0 Å². The van der Waals surface area contributed by atoms with Gasteiger partial charge in [0.1, 0.15) is 0 Å². The van der Waals surface area contributed by atoms with Gasteiger partial charge in [-0.25, -0.2) is 0 Å². The van der Waals surface area contributed by atoms with Gasteiger partial charge in [-0.05, 0) is 43.0 Å². The molecule has 0 aromatic heterocycles. The van der Waals surface area contributed by atoms with Crippen molar-refractivity contribution in [2.75, 3.05) is 24.3 Å². The van der Waals surface area contributed by atoms with Crippen molar-refractivity contribution < 1.29 is 0 Å². The van der Waals surface area contributed by atoms with Gasteiger partial charge in [0, 0.05) is 31.5 Å². The van der Waals surface area contributed by atoms with E-state index >= 15 is 0 Å². The fourth-order valence-electron chi connectivity index (χ4n) is 2.11. The Labute approximate surface area is 92.3 Å². The molecular weight excluding hydrogens is 184 g/mol. The molecule has 0 aliphatic heterocycles. The van der Waals surface area contributed by atoms with Crippen molar-refractivity contribution in [3.8, 4) is 0 Å². The first-order valence-electron chi connectivity index (χ1n) is 5.69. The third kappa shape index (κ3) is 2.44. The normalized spacial score (nSPS) is 24.5. The second-order valence-corrected chi connectivity index (χ2v) is 4.86. The Morgan fingerprint density at radius 3 is 2.20 bits per heavy atom. The van der Waals surface area contributed by atoms with Gasteiger partial charge in [-0.1, -0.05) is 6.92 Å². The van der Waals surface area contributed by atoms with Gasteiger partial charge in [-0.3, -0.25) is 0 Å². The highest BCUT2D eigenvalue weighted by Gasteiger charge is 2.24. The second kappa shape index (κ2) is 4.13. The van der Waals surface area contributed by atoms with Crippen molar-refractivity contribution in [3.63, 3.8) is 0 Å². The zero-order valence-corrected chi connectivity index (χ0v) is 9.83. The van der Waals surface area contributed by atoms with E-state index in [2.05, 4.69) is 55.5 Å². The molecule has 2 nitrogen and oxygen atoms in total. The zero-order chi connectivity index (χ0) is 10.8. The molecule has 0 atom stereocenters.